The Morgan fingerprint density at radius 1 is 1.32 bits per heavy atom. The van der Waals surface area contributed by atoms with E-state index in [9.17, 15) is 0 Å². The molecule has 1 saturated heterocycles. The fourth-order valence-electron chi connectivity index (χ4n) is 3.40. The number of ether oxygens (including phenoxy) is 1. The topological polar surface area (TPSA) is 38.5 Å². The maximum absolute atomic E-state index is 6.13. The maximum Gasteiger partial charge on any atom is 0.124 e. The molecular weight excluding hydrogens is 272 g/mol. The summed E-state index contributed by atoms with van der Waals surface area (Å²) in [6, 6.07) is 8.73. The lowest BCUT2D eigenvalue weighted by Gasteiger charge is -2.37. The standard InChI is InChI=1S/C19H32N2O/c1-3-4-7-13-22-19-11-6-5-10-17(19)18(14-20)21-12-8-9-16(2)15-21/h5-6,10-11,16,18H,3-4,7-9,12-15,20H2,1-2H3. The number of likely N-dealkylation sites (tertiary alicyclic amines) is 1. The van der Waals surface area contributed by atoms with Gasteiger partial charge in [0.1, 0.15) is 5.75 Å². The first kappa shape index (κ1) is 17.3. The molecule has 1 aromatic carbocycles. The first-order valence-corrected chi connectivity index (χ1v) is 8.92. The Morgan fingerprint density at radius 3 is 2.86 bits per heavy atom. The molecule has 0 radical (unpaired) electrons. The predicted molar refractivity (Wildman–Crippen MR) is 93.2 cm³/mol. The highest BCUT2D eigenvalue weighted by molar-refractivity contribution is 5.36. The molecule has 2 atom stereocenters. The fourth-order valence-corrected chi connectivity index (χ4v) is 3.40. The highest BCUT2D eigenvalue weighted by atomic mass is 16.5. The zero-order valence-corrected chi connectivity index (χ0v) is 14.3. The van der Waals surface area contributed by atoms with Gasteiger partial charge in [-0.1, -0.05) is 44.9 Å². The monoisotopic (exact) mass is 304 g/mol. The van der Waals surface area contributed by atoms with E-state index in [2.05, 4.69) is 43.0 Å². The Kier molecular flexibility index (Phi) is 7.20. The summed E-state index contributed by atoms with van der Waals surface area (Å²) in [5, 5.41) is 0. The highest BCUT2D eigenvalue weighted by Crippen LogP contribution is 2.32. The van der Waals surface area contributed by atoms with Crippen molar-refractivity contribution in [1.82, 2.24) is 4.90 Å². The Morgan fingerprint density at radius 2 is 2.14 bits per heavy atom. The van der Waals surface area contributed by atoms with Gasteiger partial charge in [-0.25, -0.2) is 0 Å². The number of rotatable bonds is 8. The van der Waals surface area contributed by atoms with E-state index in [4.69, 9.17) is 10.5 Å². The maximum atomic E-state index is 6.13. The molecule has 124 valence electrons. The lowest BCUT2D eigenvalue weighted by atomic mass is 9.96. The summed E-state index contributed by atoms with van der Waals surface area (Å²) in [4.78, 5) is 2.54. The average Bonchev–Trinajstić information content (AvgIpc) is 2.54. The molecule has 22 heavy (non-hydrogen) atoms. The summed E-state index contributed by atoms with van der Waals surface area (Å²) < 4.78 is 6.06. The molecule has 0 aromatic heterocycles. The molecule has 0 spiro atoms. The first-order valence-electron chi connectivity index (χ1n) is 8.92. The van der Waals surface area contributed by atoms with Crippen molar-refractivity contribution in [2.24, 2.45) is 11.7 Å². The zero-order chi connectivity index (χ0) is 15.8. The highest BCUT2D eigenvalue weighted by Gasteiger charge is 2.26. The normalized spacial score (nSPS) is 20.8. The van der Waals surface area contributed by atoms with Gasteiger partial charge in [0.2, 0.25) is 0 Å². The molecule has 0 aliphatic carbocycles. The number of unbranched alkanes of at least 4 members (excludes halogenated alkanes) is 2. The lowest BCUT2D eigenvalue weighted by Crippen LogP contribution is -2.40. The van der Waals surface area contributed by atoms with E-state index in [1.807, 2.05) is 0 Å². The van der Waals surface area contributed by atoms with Crippen LogP contribution in [0.4, 0.5) is 0 Å². The second-order valence-corrected chi connectivity index (χ2v) is 6.59. The van der Waals surface area contributed by atoms with Crippen LogP contribution in [0, 0.1) is 5.92 Å². The molecule has 3 heteroatoms. The Balaban J connectivity index is 2.07. The average molecular weight is 304 g/mol. The fraction of sp³-hybridized carbons (Fsp3) is 0.684. The molecule has 0 saturated carbocycles. The second-order valence-electron chi connectivity index (χ2n) is 6.59. The number of piperidine rings is 1. The molecule has 2 unspecified atom stereocenters. The van der Waals surface area contributed by atoms with Crippen LogP contribution in [0.1, 0.15) is 57.6 Å². The van der Waals surface area contributed by atoms with Crippen LogP contribution in [0.2, 0.25) is 0 Å². The molecule has 2 N–H and O–H groups in total. The molecule has 2 rings (SSSR count). The van der Waals surface area contributed by atoms with Gasteiger partial charge >= 0.3 is 0 Å². The van der Waals surface area contributed by atoms with Crippen molar-refractivity contribution < 1.29 is 4.74 Å². The lowest BCUT2D eigenvalue weighted by molar-refractivity contribution is 0.130. The van der Waals surface area contributed by atoms with Gasteiger partial charge in [0, 0.05) is 18.7 Å². The quantitative estimate of drug-likeness (QED) is 0.738. The van der Waals surface area contributed by atoms with Crippen molar-refractivity contribution in [2.45, 2.75) is 52.0 Å². The van der Waals surface area contributed by atoms with Crippen molar-refractivity contribution in [3.05, 3.63) is 29.8 Å². The van der Waals surface area contributed by atoms with E-state index >= 15 is 0 Å². The van der Waals surface area contributed by atoms with Crippen LogP contribution in [-0.2, 0) is 0 Å². The Hall–Kier alpha value is -1.06. The third kappa shape index (κ3) is 4.72. The van der Waals surface area contributed by atoms with Crippen LogP contribution >= 0.6 is 0 Å². The van der Waals surface area contributed by atoms with Crippen LogP contribution in [-0.4, -0.2) is 31.1 Å². The van der Waals surface area contributed by atoms with Crippen LogP contribution in [0.25, 0.3) is 0 Å². The minimum Gasteiger partial charge on any atom is -0.493 e. The summed E-state index contributed by atoms with van der Waals surface area (Å²) in [5.41, 5.74) is 7.39. The second kappa shape index (κ2) is 9.16. The van der Waals surface area contributed by atoms with Crippen molar-refractivity contribution >= 4 is 0 Å². The van der Waals surface area contributed by atoms with Crippen molar-refractivity contribution in [3.63, 3.8) is 0 Å². The number of para-hydroxylation sites is 1. The van der Waals surface area contributed by atoms with E-state index in [1.165, 1.54) is 31.2 Å². The number of nitrogens with two attached hydrogens (primary N) is 1. The summed E-state index contributed by atoms with van der Waals surface area (Å²) >= 11 is 0. The van der Waals surface area contributed by atoms with Crippen molar-refractivity contribution in [2.75, 3.05) is 26.2 Å². The largest absolute Gasteiger partial charge is 0.493 e. The molecule has 3 nitrogen and oxygen atoms in total. The van der Waals surface area contributed by atoms with E-state index in [1.54, 1.807) is 0 Å². The number of nitrogens with zero attached hydrogens (tertiary/aromatic N) is 1. The van der Waals surface area contributed by atoms with Crippen molar-refractivity contribution in [1.29, 1.82) is 0 Å². The SMILES string of the molecule is CCCCCOc1ccccc1C(CN)N1CCCC(C)C1. The molecule has 0 bridgehead atoms. The van der Waals surface area contributed by atoms with Crippen LogP contribution in [0.3, 0.4) is 0 Å². The first-order chi connectivity index (χ1) is 10.8. The van der Waals surface area contributed by atoms with Gasteiger partial charge in [-0.2, -0.15) is 0 Å². The van der Waals surface area contributed by atoms with Crippen molar-refractivity contribution in [3.8, 4) is 5.75 Å². The van der Waals surface area contributed by atoms with Gasteiger partial charge in [-0.05, 0) is 37.8 Å². The number of hydrogen-bond acceptors (Lipinski definition) is 3. The van der Waals surface area contributed by atoms with Gasteiger partial charge in [0.25, 0.3) is 0 Å². The minimum absolute atomic E-state index is 0.283. The molecule has 1 aliphatic heterocycles. The molecular formula is C19H32N2O. The predicted octanol–water partition coefficient (Wildman–Crippen LogP) is 3.99. The molecule has 1 fully saturated rings. The van der Waals surface area contributed by atoms with Gasteiger partial charge < -0.3 is 10.5 Å². The van der Waals surface area contributed by atoms with Gasteiger partial charge in [0.15, 0.2) is 0 Å². The molecule has 0 amide bonds. The molecule has 1 aliphatic rings. The Labute approximate surface area is 135 Å². The summed E-state index contributed by atoms with van der Waals surface area (Å²) in [6.45, 7) is 8.31. The molecule has 1 heterocycles. The minimum atomic E-state index is 0.283. The third-order valence-electron chi connectivity index (χ3n) is 4.64. The molecule has 1 aromatic rings. The Bertz CT molecular complexity index is 435. The van der Waals surface area contributed by atoms with Gasteiger partial charge in [-0.15, -0.1) is 0 Å². The number of hydrogen-bond donors (Lipinski definition) is 1. The summed E-state index contributed by atoms with van der Waals surface area (Å²) in [5.74, 6) is 1.78. The zero-order valence-electron chi connectivity index (χ0n) is 14.3. The smallest absolute Gasteiger partial charge is 0.124 e. The number of benzene rings is 1. The van der Waals surface area contributed by atoms with E-state index < -0.39 is 0 Å². The van der Waals surface area contributed by atoms with E-state index in [0.717, 1.165) is 37.8 Å². The van der Waals surface area contributed by atoms with Crippen LogP contribution in [0.15, 0.2) is 24.3 Å². The van der Waals surface area contributed by atoms with E-state index in [0.29, 0.717) is 6.54 Å². The van der Waals surface area contributed by atoms with Crippen LogP contribution < -0.4 is 10.5 Å². The van der Waals surface area contributed by atoms with E-state index in [-0.39, 0.29) is 6.04 Å². The van der Waals surface area contributed by atoms with Gasteiger partial charge in [0.05, 0.1) is 12.6 Å². The van der Waals surface area contributed by atoms with Gasteiger partial charge in [-0.3, -0.25) is 4.90 Å². The summed E-state index contributed by atoms with van der Waals surface area (Å²) in [7, 11) is 0. The third-order valence-corrected chi connectivity index (χ3v) is 4.64. The summed E-state index contributed by atoms with van der Waals surface area (Å²) in [6.07, 6.45) is 6.19. The van der Waals surface area contributed by atoms with Crippen LogP contribution in [0.5, 0.6) is 5.75 Å².